The highest BCUT2D eigenvalue weighted by Gasteiger charge is 2.41. The van der Waals surface area contributed by atoms with Crippen LogP contribution in [0.3, 0.4) is 0 Å². The van der Waals surface area contributed by atoms with Crippen LogP contribution in [0, 0.1) is 17.8 Å². The van der Waals surface area contributed by atoms with Gasteiger partial charge in [-0.2, -0.15) is 0 Å². The van der Waals surface area contributed by atoms with Crippen molar-refractivity contribution in [1.29, 1.82) is 0 Å². The highest BCUT2D eigenvalue weighted by Crippen LogP contribution is 2.50. The van der Waals surface area contributed by atoms with Crippen molar-refractivity contribution in [3.8, 4) is 0 Å². The minimum absolute atomic E-state index is 0.610. The molecule has 0 amide bonds. The van der Waals surface area contributed by atoms with E-state index in [1.54, 1.807) is 6.92 Å². The van der Waals surface area contributed by atoms with Crippen molar-refractivity contribution < 1.29 is 9.90 Å². The van der Waals surface area contributed by atoms with Gasteiger partial charge in [0.15, 0.2) is 6.29 Å². The van der Waals surface area contributed by atoms with Crippen molar-refractivity contribution in [2.75, 3.05) is 0 Å². The molecule has 0 aromatic rings. The Kier molecular flexibility index (Phi) is 2.18. The van der Waals surface area contributed by atoms with Crippen molar-refractivity contribution >= 4 is 6.29 Å². The Balaban J connectivity index is 1.93. The van der Waals surface area contributed by atoms with Crippen LogP contribution in [0.2, 0.25) is 0 Å². The Morgan fingerprint density at radius 1 is 1.46 bits per heavy atom. The third-order valence-corrected chi connectivity index (χ3v) is 3.81. The van der Waals surface area contributed by atoms with E-state index < -0.39 is 5.60 Å². The molecule has 0 aromatic heterocycles. The molecule has 2 aliphatic rings. The summed E-state index contributed by atoms with van der Waals surface area (Å²) in [7, 11) is 0. The first kappa shape index (κ1) is 9.20. The number of aliphatic hydroxyl groups is 1. The molecule has 2 nitrogen and oxygen atoms in total. The first-order chi connectivity index (χ1) is 6.11. The second-order valence-corrected chi connectivity index (χ2v) is 5.11. The number of carbonyl (C=O) groups excluding carboxylic acids is 1. The number of rotatable bonds is 3. The molecule has 2 rings (SSSR count). The summed E-state index contributed by atoms with van der Waals surface area (Å²) in [5.74, 6) is 2.31. The number of hydrogen-bond acceptors (Lipinski definition) is 2. The van der Waals surface area contributed by atoms with Crippen LogP contribution in [0.15, 0.2) is 0 Å². The molecule has 0 unspecified atom stereocenters. The summed E-state index contributed by atoms with van der Waals surface area (Å²) in [6, 6.07) is 0. The molecule has 0 radical (unpaired) electrons. The second kappa shape index (κ2) is 3.09. The summed E-state index contributed by atoms with van der Waals surface area (Å²) in [4.78, 5) is 10.6. The SMILES string of the molecule is C[C@@](O)(C=O)C[C@H]1C[C@H]2CC[C@H]1C2. The van der Waals surface area contributed by atoms with E-state index >= 15 is 0 Å². The van der Waals surface area contributed by atoms with Crippen molar-refractivity contribution in [1.82, 2.24) is 0 Å². The lowest BCUT2D eigenvalue weighted by Gasteiger charge is -2.26. The summed E-state index contributed by atoms with van der Waals surface area (Å²) in [5.41, 5.74) is -1.07. The molecule has 2 heteroatoms. The van der Waals surface area contributed by atoms with Crippen molar-refractivity contribution in [3.05, 3.63) is 0 Å². The van der Waals surface area contributed by atoms with E-state index in [9.17, 15) is 9.90 Å². The Morgan fingerprint density at radius 3 is 2.69 bits per heavy atom. The van der Waals surface area contributed by atoms with Crippen molar-refractivity contribution in [2.45, 2.75) is 44.6 Å². The Bertz CT molecular complexity index is 210. The standard InChI is InChI=1S/C11H18O2/c1-11(13,7-12)6-10-5-8-2-3-9(10)4-8/h7-10,13H,2-6H2,1H3/t8-,9-,10+,11-/m0/s1. The molecule has 0 aliphatic heterocycles. The zero-order valence-electron chi connectivity index (χ0n) is 8.20. The maximum Gasteiger partial charge on any atom is 0.151 e. The Labute approximate surface area is 79.3 Å². The molecular weight excluding hydrogens is 164 g/mol. The largest absolute Gasteiger partial charge is 0.383 e. The lowest BCUT2D eigenvalue weighted by Crippen LogP contribution is -2.31. The molecule has 2 bridgehead atoms. The monoisotopic (exact) mass is 182 g/mol. The Morgan fingerprint density at radius 2 is 2.23 bits per heavy atom. The average molecular weight is 182 g/mol. The maximum atomic E-state index is 10.6. The summed E-state index contributed by atoms with van der Waals surface area (Å²) < 4.78 is 0. The number of fused-ring (bicyclic) bond motifs is 2. The van der Waals surface area contributed by atoms with Crippen LogP contribution < -0.4 is 0 Å². The van der Waals surface area contributed by atoms with Gasteiger partial charge < -0.3 is 9.90 Å². The first-order valence-corrected chi connectivity index (χ1v) is 5.29. The quantitative estimate of drug-likeness (QED) is 0.675. The fourth-order valence-corrected chi connectivity index (χ4v) is 3.21. The molecule has 1 N–H and O–H groups in total. The van der Waals surface area contributed by atoms with Crippen LogP contribution in [0.25, 0.3) is 0 Å². The number of hydrogen-bond donors (Lipinski definition) is 1. The van der Waals surface area contributed by atoms with Crippen molar-refractivity contribution in [3.63, 3.8) is 0 Å². The molecule has 13 heavy (non-hydrogen) atoms. The normalized spacial score (nSPS) is 41.8. The van der Waals surface area contributed by atoms with Gasteiger partial charge >= 0.3 is 0 Å². The lowest BCUT2D eigenvalue weighted by atomic mass is 9.81. The van der Waals surface area contributed by atoms with Gasteiger partial charge in [-0.3, -0.25) is 0 Å². The zero-order valence-corrected chi connectivity index (χ0v) is 8.20. The predicted octanol–water partition coefficient (Wildman–Crippen LogP) is 1.76. The van der Waals surface area contributed by atoms with Crippen LogP contribution in [0.1, 0.15) is 39.0 Å². The van der Waals surface area contributed by atoms with Gasteiger partial charge in [0, 0.05) is 0 Å². The number of carbonyl (C=O) groups is 1. The van der Waals surface area contributed by atoms with Gasteiger partial charge in [-0.25, -0.2) is 0 Å². The summed E-state index contributed by atoms with van der Waals surface area (Å²) in [6.07, 6.45) is 6.67. The van der Waals surface area contributed by atoms with Crippen LogP contribution in [0.4, 0.5) is 0 Å². The van der Waals surface area contributed by atoms with E-state index in [2.05, 4.69) is 0 Å². The van der Waals surface area contributed by atoms with Crippen LogP contribution in [-0.4, -0.2) is 17.0 Å². The van der Waals surface area contributed by atoms with Crippen LogP contribution >= 0.6 is 0 Å². The van der Waals surface area contributed by atoms with Gasteiger partial charge in [-0.05, 0) is 50.4 Å². The maximum absolute atomic E-state index is 10.6. The second-order valence-electron chi connectivity index (χ2n) is 5.11. The Hall–Kier alpha value is -0.370. The third kappa shape index (κ3) is 1.78. The molecule has 74 valence electrons. The number of aldehydes is 1. The minimum atomic E-state index is -1.07. The van der Waals surface area contributed by atoms with E-state index in [4.69, 9.17) is 0 Å². The van der Waals surface area contributed by atoms with Gasteiger partial charge in [0.2, 0.25) is 0 Å². The highest BCUT2D eigenvalue weighted by molar-refractivity contribution is 5.61. The topological polar surface area (TPSA) is 37.3 Å². The van der Waals surface area contributed by atoms with E-state index in [0.29, 0.717) is 18.6 Å². The van der Waals surface area contributed by atoms with E-state index in [0.717, 1.165) is 11.8 Å². The lowest BCUT2D eigenvalue weighted by molar-refractivity contribution is -0.124. The summed E-state index contributed by atoms with van der Waals surface area (Å²) in [5, 5.41) is 9.64. The third-order valence-electron chi connectivity index (χ3n) is 3.81. The zero-order chi connectivity index (χ0) is 9.47. The van der Waals surface area contributed by atoms with E-state index in [-0.39, 0.29) is 0 Å². The van der Waals surface area contributed by atoms with E-state index in [1.807, 2.05) is 0 Å². The fraction of sp³-hybridized carbons (Fsp3) is 0.909. The molecule has 0 saturated heterocycles. The average Bonchev–Trinajstić information content (AvgIpc) is 2.64. The summed E-state index contributed by atoms with van der Waals surface area (Å²) >= 11 is 0. The molecule has 0 aromatic carbocycles. The molecule has 2 fully saturated rings. The van der Waals surface area contributed by atoms with Crippen LogP contribution in [0.5, 0.6) is 0 Å². The molecule has 4 atom stereocenters. The van der Waals surface area contributed by atoms with Gasteiger partial charge in [0.05, 0.1) is 0 Å². The van der Waals surface area contributed by atoms with Gasteiger partial charge in [-0.1, -0.05) is 6.42 Å². The van der Waals surface area contributed by atoms with Gasteiger partial charge in [-0.15, -0.1) is 0 Å². The molecular formula is C11H18O2. The smallest absolute Gasteiger partial charge is 0.151 e. The first-order valence-electron chi connectivity index (χ1n) is 5.29. The van der Waals surface area contributed by atoms with Crippen LogP contribution in [-0.2, 0) is 4.79 Å². The molecule has 2 saturated carbocycles. The minimum Gasteiger partial charge on any atom is -0.383 e. The van der Waals surface area contributed by atoms with Crippen molar-refractivity contribution in [2.24, 2.45) is 17.8 Å². The predicted molar refractivity (Wildman–Crippen MR) is 50.2 cm³/mol. The van der Waals surface area contributed by atoms with Gasteiger partial charge in [0.1, 0.15) is 5.60 Å². The molecule has 0 heterocycles. The van der Waals surface area contributed by atoms with Gasteiger partial charge in [0.25, 0.3) is 0 Å². The van der Waals surface area contributed by atoms with E-state index in [1.165, 1.54) is 25.7 Å². The molecule has 2 aliphatic carbocycles. The molecule has 0 spiro atoms. The fourth-order valence-electron chi connectivity index (χ4n) is 3.21. The highest BCUT2D eigenvalue weighted by atomic mass is 16.3. The summed E-state index contributed by atoms with van der Waals surface area (Å²) in [6.45, 7) is 1.63.